The molecule has 33 heavy (non-hydrogen) atoms. The first-order valence-corrected chi connectivity index (χ1v) is 12.2. The van der Waals surface area contributed by atoms with Crippen LogP contribution in [0.5, 0.6) is 0 Å². The number of benzene rings is 2. The minimum atomic E-state index is -0.164. The van der Waals surface area contributed by atoms with Crippen LogP contribution in [0.2, 0.25) is 10.0 Å². The van der Waals surface area contributed by atoms with E-state index in [2.05, 4.69) is 15.5 Å². The Bertz CT molecular complexity index is 1180. The lowest BCUT2D eigenvalue weighted by molar-refractivity contribution is -0.113. The van der Waals surface area contributed by atoms with Crippen molar-refractivity contribution in [3.8, 4) is 0 Å². The molecule has 2 aromatic carbocycles. The number of amides is 2. The van der Waals surface area contributed by atoms with Gasteiger partial charge in [0.1, 0.15) is 0 Å². The molecule has 3 aromatic rings. The predicted octanol–water partition coefficient (Wildman–Crippen LogP) is 5.14. The number of rotatable bonds is 6. The van der Waals surface area contributed by atoms with Crippen LogP contribution in [0.4, 0.5) is 5.69 Å². The van der Waals surface area contributed by atoms with E-state index in [1.807, 2.05) is 29.5 Å². The number of nitrogens with one attached hydrogen (secondary N) is 1. The number of nitrogens with zero attached hydrogens (tertiary/aromatic N) is 4. The molecule has 4 rings (SSSR count). The number of hydrogen-bond acceptors (Lipinski definition) is 5. The van der Waals surface area contributed by atoms with E-state index in [1.54, 1.807) is 36.4 Å². The zero-order valence-electron chi connectivity index (χ0n) is 18.2. The molecule has 1 atom stereocenters. The third-order valence-electron chi connectivity index (χ3n) is 5.58. The van der Waals surface area contributed by atoms with Gasteiger partial charge >= 0.3 is 0 Å². The fourth-order valence-corrected chi connectivity index (χ4v) is 4.84. The Hall–Kier alpha value is -2.55. The van der Waals surface area contributed by atoms with Crippen LogP contribution >= 0.6 is 35.0 Å². The van der Waals surface area contributed by atoms with Crippen LogP contribution in [0, 0.1) is 6.92 Å². The monoisotopic (exact) mass is 503 g/mol. The van der Waals surface area contributed by atoms with Crippen LogP contribution in [0.1, 0.15) is 40.6 Å². The summed E-state index contributed by atoms with van der Waals surface area (Å²) in [7, 11) is 1.86. The van der Waals surface area contributed by atoms with Crippen molar-refractivity contribution in [2.24, 2.45) is 7.05 Å². The third-order valence-corrected chi connectivity index (χ3v) is 7.08. The van der Waals surface area contributed by atoms with Crippen molar-refractivity contribution in [2.75, 3.05) is 17.6 Å². The highest BCUT2D eigenvalue weighted by atomic mass is 35.5. The number of carbonyl (C=O) groups excluding carboxylic acids is 2. The number of anilines is 1. The second kappa shape index (κ2) is 10.2. The number of aryl methyl sites for hydroxylation is 1. The average molecular weight is 504 g/mol. The molecule has 10 heteroatoms. The van der Waals surface area contributed by atoms with Crippen LogP contribution in [0.3, 0.4) is 0 Å². The van der Waals surface area contributed by atoms with Crippen LogP contribution in [0.25, 0.3) is 0 Å². The highest BCUT2D eigenvalue weighted by molar-refractivity contribution is 7.99. The molecule has 1 unspecified atom stereocenters. The van der Waals surface area contributed by atoms with Gasteiger partial charge in [0.25, 0.3) is 5.91 Å². The van der Waals surface area contributed by atoms with Crippen molar-refractivity contribution in [3.63, 3.8) is 0 Å². The van der Waals surface area contributed by atoms with Gasteiger partial charge in [-0.2, -0.15) is 0 Å². The molecule has 0 saturated carbocycles. The maximum atomic E-state index is 13.1. The summed E-state index contributed by atoms with van der Waals surface area (Å²) in [5, 5.41) is 13.3. The number of carbonyl (C=O) groups is 2. The van der Waals surface area contributed by atoms with E-state index in [1.165, 1.54) is 11.8 Å². The molecule has 7 nitrogen and oxygen atoms in total. The van der Waals surface area contributed by atoms with E-state index in [0.29, 0.717) is 38.8 Å². The van der Waals surface area contributed by atoms with Gasteiger partial charge in [-0.3, -0.25) is 9.59 Å². The standard InChI is InChI=1S/C23H23Cl2N5O2S/c1-14-5-8-17(25)12-18(14)26-20(31)13-33-23-28-27-21(29(23)2)19-4-3-11-30(19)22(32)15-6-9-16(24)10-7-15/h5-10,12,19H,3-4,11,13H2,1-2H3,(H,26,31). The van der Waals surface area contributed by atoms with Gasteiger partial charge in [-0.1, -0.05) is 41.0 Å². The number of halogens is 2. The Kier molecular flexibility index (Phi) is 7.26. The summed E-state index contributed by atoms with van der Waals surface area (Å²) in [5.41, 5.74) is 2.22. The zero-order chi connectivity index (χ0) is 23.5. The third kappa shape index (κ3) is 5.34. The molecule has 1 N–H and O–H groups in total. The lowest BCUT2D eigenvalue weighted by atomic mass is 10.1. The van der Waals surface area contributed by atoms with Gasteiger partial charge in [0.15, 0.2) is 11.0 Å². The van der Waals surface area contributed by atoms with E-state index in [9.17, 15) is 9.59 Å². The molecule has 1 aliphatic heterocycles. The Labute approximate surface area is 206 Å². The van der Waals surface area contributed by atoms with Gasteiger partial charge in [0.05, 0.1) is 11.8 Å². The summed E-state index contributed by atoms with van der Waals surface area (Å²) in [6.45, 7) is 2.57. The summed E-state index contributed by atoms with van der Waals surface area (Å²) in [6, 6.07) is 12.1. The summed E-state index contributed by atoms with van der Waals surface area (Å²) in [5.74, 6) is 0.678. The number of thioether (sulfide) groups is 1. The number of hydrogen-bond donors (Lipinski definition) is 1. The summed E-state index contributed by atoms with van der Waals surface area (Å²) < 4.78 is 1.86. The molecule has 2 amide bonds. The van der Waals surface area contributed by atoms with Crippen molar-refractivity contribution < 1.29 is 9.59 Å². The lowest BCUT2D eigenvalue weighted by Crippen LogP contribution is -2.31. The molecule has 1 fully saturated rings. The first-order valence-electron chi connectivity index (χ1n) is 10.5. The summed E-state index contributed by atoms with van der Waals surface area (Å²) in [4.78, 5) is 27.3. The minimum Gasteiger partial charge on any atom is -0.328 e. The highest BCUT2D eigenvalue weighted by Crippen LogP contribution is 2.33. The Balaban J connectivity index is 1.42. The molecule has 0 spiro atoms. The van der Waals surface area contributed by atoms with Gasteiger partial charge in [0, 0.05) is 34.9 Å². The second-order valence-corrected chi connectivity index (χ2v) is 9.67. The first-order chi connectivity index (χ1) is 15.8. The molecule has 172 valence electrons. The van der Waals surface area contributed by atoms with Crippen LogP contribution in [0.15, 0.2) is 47.6 Å². The molecule has 0 bridgehead atoms. The molecule has 1 aromatic heterocycles. The Morgan fingerprint density at radius 2 is 1.85 bits per heavy atom. The van der Waals surface area contributed by atoms with E-state index >= 15 is 0 Å². The smallest absolute Gasteiger partial charge is 0.254 e. The topological polar surface area (TPSA) is 80.1 Å². The number of likely N-dealkylation sites (tertiary alicyclic amines) is 1. The number of aromatic nitrogens is 3. The SMILES string of the molecule is Cc1ccc(Cl)cc1NC(=O)CSc1nnc(C2CCCN2C(=O)c2ccc(Cl)cc2)n1C. The molecule has 0 radical (unpaired) electrons. The van der Waals surface area contributed by atoms with Gasteiger partial charge in [-0.05, 0) is 61.7 Å². The van der Waals surface area contributed by atoms with Gasteiger partial charge in [-0.15, -0.1) is 10.2 Å². The van der Waals surface area contributed by atoms with Gasteiger partial charge < -0.3 is 14.8 Å². The van der Waals surface area contributed by atoms with Crippen molar-refractivity contribution in [1.29, 1.82) is 0 Å². The van der Waals surface area contributed by atoms with Crippen LogP contribution in [-0.2, 0) is 11.8 Å². The van der Waals surface area contributed by atoms with Crippen LogP contribution in [-0.4, -0.2) is 43.8 Å². The van der Waals surface area contributed by atoms with E-state index in [-0.39, 0.29) is 23.6 Å². The van der Waals surface area contributed by atoms with Crippen molar-refractivity contribution in [2.45, 2.75) is 31.0 Å². The van der Waals surface area contributed by atoms with Crippen molar-refractivity contribution in [1.82, 2.24) is 19.7 Å². The van der Waals surface area contributed by atoms with E-state index in [0.717, 1.165) is 18.4 Å². The molecule has 2 heterocycles. The van der Waals surface area contributed by atoms with Crippen LogP contribution < -0.4 is 5.32 Å². The lowest BCUT2D eigenvalue weighted by Gasteiger charge is -2.24. The molecular formula is C23H23Cl2N5O2S. The van der Waals surface area contributed by atoms with Gasteiger partial charge in [-0.25, -0.2) is 0 Å². The average Bonchev–Trinajstić information content (AvgIpc) is 3.41. The second-order valence-electron chi connectivity index (χ2n) is 7.86. The normalized spacial score (nSPS) is 15.6. The first kappa shape index (κ1) is 23.6. The van der Waals surface area contributed by atoms with Gasteiger partial charge in [0.2, 0.25) is 5.91 Å². The fraction of sp³-hybridized carbons (Fsp3) is 0.304. The zero-order valence-corrected chi connectivity index (χ0v) is 20.5. The van der Waals surface area contributed by atoms with Crippen molar-refractivity contribution >= 4 is 52.5 Å². The maximum absolute atomic E-state index is 13.1. The fourth-order valence-electron chi connectivity index (χ4n) is 3.82. The molecule has 1 aliphatic rings. The largest absolute Gasteiger partial charge is 0.328 e. The molecule has 0 aliphatic carbocycles. The Morgan fingerprint density at radius 1 is 1.12 bits per heavy atom. The molecule has 1 saturated heterocycles. The minimum absolute atomic E-state index is 0.0531. The quantitative estimate of drug-likeness (QED) is 0.471. The maximum Gasteiger partial charge on any atom is 0.254 e. The highest BCUT2D eigenvalue weighted by Gasteiger charge is 2.34. The Morgan fingerprint density at radius 3 is 2.61 bits per heavy atom. The summed E-state index contributed by atoms with van der Waals surface area (Å²) in [6.07, 6.45) is 1.70. The van der Waals surface area contributed by atoms with E-state index < -0.39 is 0 Å². The van der Waals surface area contributed by atoms with E-state index in [4.69, 9.17) is 23.2 Å². The van der Waals surface area contributed by atoms with Crippen molar-refractivity contribution in [3.05, 3.63) is 69.5 Å². The molecular weight excluding hydrogens is 481 g/mol. The predicted molar refractivity (Wildman–Crippen MR) is 131 cm³/mol. The summed E-state index contributed by atoms with van der Waals surface area (Å²) >= 11 is 13.3.